The molecule has 2 rings (SSSR count). The summed E-state index contributed by atoms with van der Waals surface area (Å²) >= 11 is 0. The Morgan fingerprint density at radius 3 is 2.40 bits per heavy atom. The molecule has 0 bridgehead atoms. The van der Waals surface area contributed by atoms with Crippen LogP contribution < -0.4 is 0 Å². The molecule has 0 radical (unpaired) electrons. The zero-order chi connectivity index (χ0) is 10.8. The molecule has 2 aromatic rings. The maximum absolute atomic E-state index is 13.4. The van der Waals surface area contributed by atoms with E-state index in [0.717, 1.165) is 23.1 Å². The van der Waals surface area contributed by atoms with Gasteiger partial charge in [-0.15, -0.1) is 0 Å². The minimum atomic E-state index is -0.850. The zero-order valence-electron chi connectivity index (χ0n) is 7.35. The van der Waals surface area contributed by atoms with E-state index in [-0.39, 0.29) is 11.3 Å². The minimum Gasteiger partial charge on any atom is -0.223 e. The number of hydrogen-bond acceptors (Lipinski definition) is 3. The number of benzene rings is 1. The van der Waals surface area contributed by atoms with E-state index in [1.54, 1.807) is 6.07 Å². The average molecular weight is 206 g/mol. The Morgan fingerprint density at radius 1 is 1.27 bits per heavy atom. The monoisotopic (exact) mass is 206 g/mol. The summed E-state index contributed by atoms with van der Waals surface area (Å²) in [6, 6.07) is 3.54. The predicted molar refractivity (Wildman–Crippen MR) is 46.0 cm³/mol. The summed E-state index contributed by atoms with van der Waals surface area (Å²) in [7, 11) is 0. The molecule has 0 N–H and O–H groups in total. The second-order valence-electron chi connectivity index (χ2n) is 2.74. The molecular formula is C9H4F2N4. The molecule has 0 unspecified atom stereocenters. The smallest absolute Gasteiger partial charge is 0.153 e. The van der Waals surface area contributed by atoms with Crippen molar-refractivity contribution in [1.29, 1.82) is 5.26 Å². The first-order valence-electron chi connectivity index (χ1n) is 3.96. The molecule has 15 heavy (non-hydrogen) atoms. The van der Waals surface area contributed by atoms with Crippen molar-refractivity contribution in [3.63, 3.8) is 0 Å². The highest BCUT2D eigenvalue weighted by molar-refractivity contribution is 5.41. The molecule has 1 aromatic carbocycles. The van der Waals surface area contributed by atoms with Crippen LogP contribution in [0.1, 0.15) is 5.56 Å². The number of aromatic nitrogens is 3. The molecule has 4 nitrogen and oxygen atoms in total. The van der Waals surface area contributed by atoms with Gasteiger partial charge in [-0.05, 0) is 12.1 Å². The summed E-state index contributed by atoms with van der Waals surface area (Å²) in [4.78, 5) is 3.58. The summed E-state index contributed by atoms with van der Waals surface area (Å²) < 4.78 is 27.7. The first-order chi connectivity index (χ1) is 7.22. The summed E-state index contributed by atoms with van der Waals surface area (Å²) in [6.45, 7) is 0. The summed E-state index contributed by atoms with van der Waals surface area (Å²) in [6.07, 6.45) is 2.34. The topological polar surface area (TPSA) is 54.5 Å². The van der Waals surface area contributed by atoms with E-state index in [0.29, 0.717) is 0 Å². The van der Waals surface area contributed by atoms with Crippen LogP contribution in [0.4, 0.5) is 8.78 Å². The quantitative estimate of drug-likeness (QED) is 0.708. The van der Waals surface area contributed by atoms with Gasteiger partial charge in [-0.3, -0.25) is 0 Å². The van der Waals surface area contributed by atoms with E-state index >= 15 is 0 Å². The van der Waals surface area contributed by atoms with Crippen molar-refractivity contribution in [2.45, 2.75) is 0 Å². The lowest BCUT2D eigenvalue weighted by atomic mass is 10.2. The average Bonchev–Trinajstić information content (AvgIpc) is 2.69. The van der Waals surface area contributed by atoms with Gasteiger partial charge in [-0.2, -0.15) is 10.4 Å². The second kappa shape index (κ2) is 3.46. The highest BCUT2D eigenvalue weighted by atomic mass is 19.1. The van der Waals surface area contributed by atoms with Gasteiger partial charge in [-0.1, -0.05) is 0 Å². The summed E-state index contributed by atoms with van der Waals surface area (Å²) in [5, 5.41) is 12.1. The van der Waals surface area contributed by atoms with Crippen molar-refractivity contribution < 1.29 is 8.78 Å². The molecule has 0 saturated carbocycles. The zero-order valence-corrected chi connectivity index (χ0v) is 7.35. The maximum atomic E-state index is 13.4. The largest absolute Gasteiger partial charge is 0.223 e. The number of nitriles is 1. The molecule has 0 atom stereocenters. The molecule has 6 heteroatoms. The van der Waals surface area contributed by atoms with Crippen LogP contribution in [0.2, 0.25) is 0 Å². The third-order valence-electron chi connectivity index (χ3n) is 1.79. The van der Waals surface area contributed by atoms with Crippen LogP contribution in [0.25, 0.3) is 5.69 Å². The lowest BCUT2D eigenvalue weighted by Gasteiger charge is -2.03. The van der Waals surface area contributed by atoms with Crippen molar-refractivity contribution in [3.05, 3.63) is 42.0 Å². The van der Waals surface area contributed by atoms with E-state index < -0.39 is 11.6 Å². The van der Waals surface area contributed by atoms with Gasteiger partial charge in [0.15, 0.2) is 11.6 Å². The van der Waals surface area contributed by atoms with Gasteiger partial charge >= 0.3 is 0 Å². The summed E-state index contributed by atoms with van der Waals surface area (Å²) in [5.74, 6) is -1.70. The minimum absolute atomic E-state index is 0.0751. The Kier molecular flexibility index (Phi) is 2.14. The molecule has 0 saturated heterocycles. The molecule has 74 valence electrons. The van der Waals surface area contributed by atoms with Gasteiger partial charge in [0.25, 0.3) is 0 Å². The van der Waals surface area contributed by atoms with Crippen LogP contribution >= 0.6 is 0 Å². The Labute approximate surface area is 83.4 Å². The lowest BCUT2D eigenvalue weighted by Crippen LogP contribution is -2.02. The second-order valence-corrected chi connectivity index (χ2v) is 2.74. The van der Waals surface area contributed by atoms with Crippen molar-refractivity contribution in [1.82, 2.24) is 14.8 Å². The Hall–Kier alpha value is -2.29. The normalized spacial score (nSPS) is 9.93. The van der Waals surface area contributed by atoms with E-state index in [1.807, 2.05) is 0 Å². The van der Waals surface area contributed by atoms with Crippen LogP contribution in [0.5, 0.6) is 0 Å². The predicted octanol–water partition coefficient (Wildman–Crippen LogP) is 1.42. The van der Waals surface area contributed by atoms with Crippen LogP contribution in [0, 0.1) is 23.0 Å². The fraction of sp³-hybridized carbons (Fsp3) is 0. The van der Waals surface area contributed by atoms with Crippen molar-refractivity contribution in [3.8, 4) is 11.8 Å². The van der Waals surface area contributed by atoms with Gasteiger partial charge in [0.05, 0.1) is 11.6 Å². The highest BCUT2D eigenvalue weighted by Crippen LogP contribution is 2.18. The molecular weight excluding hydrogens is 202 g/mol. The summed E-state index contributed by atoms with van der Waals surface area (Å²) in [5.41, 5.74) is -0.416. The van der Waals surface area contributed by atoms with Crippen molar-refractivity contribution >= 4 is 0 Å². The van der Waals surface area contributed by atoms with Gasteiger partial charge in [0, 0.05) is 0 Å². The molecule has 0 aliphatic heterocycles. The van der Waals surface area contributed by atoms with Gasteiger partial charge in [0.1, 0.15) is 18.3 Å². The number of hydrogen-bond donors (Lipinski definition) is 0. The van der Waals surface area contributed by atoms with E-state index in [2.05, 4.69) is 10.1 Å². The van der Waals surface area contributed by atoms with Crippen LogP contribution in [-0.2, 0) is 0 Å². The first kappa shape index (κ1) is 9.27. The number of rotatable bonds is 1. The Balaban J connectivity index is 2.64. The molecule has 0 aliphatic rings. The standard InChI is InChI=1S/C9H4F2N4/c10-7-1-6(3-12)2-8(11)9(7)15-5-13-4-14-15/h1-2,4-5H. The van der Waals surface area contributed by atoms with E-state index in [1.165, 1.54) is 6.33 Å². The Morgan fingerprint density at radius 2 is 1.93 bits per heavy atom. The van der Waals surface area contributed by atoms with Crippen LogP contribution in [0.15, 0.2) is 24.8 Å². The first-order valence-corrected chi connectivity index (χ1v) is 3.96. The van der Waals surface area contributed by atoms with Crippen molar-refractivity contribution in [2.24, 2.45) is 0 Å². The Bertz CT molecular complexity index is 505. The van der Waals surface area contributed by atoms with E-state index in [9.17, 15) is 8.78 Å². The molecule has 0 aliphatic carbocycles. The third kappa shape index (κ3) is 1.55. The van der Waals surface area contributed by atoms with Crippen molar-refractivity contribution in [2.75, 3.05) is 0 Å². The molecule has 0 spiro atoms. The molecule has 0 fully saturated rings. The SMILES string of the molecule is N#Cc1cc(F)c(-n2cncn2)c(F)c1. The highest BCUT2D eigenvalue weighted by Gasteiger charge is 2.13. The third-order valence-corrected chi connectivity index (χ3v) is 1.79. The number of nitrogens with zero attached hydrogens (tertiary/aromatic N) is 4. The van der Waals surface area contributed by atoms with Gasteiger partial charge in [0.2, 0.25) is 0 Å². The van der Waals surface area contributed by atoms with Crippen LogP contribution in [-0.4, -0.2) is 14.8 Å². The molecule has 0 amide bonds. The maximum Gasteiger partial charge on any atom is 0.153 e. The van der Waals surface area contributed by atoms with E-state index in [4.69, 9.17) is 5.26 Å². The van der Waals surface area contributed by atoms with Crippen LogP contribution in [0.3, 0.4) is 0 Å². The molecule has 1 heterocycles. The van der Waals surface area contributed by atoms with Gasteiger partial charge < -0.3 is 0 Å². The van der Waals surface area contributed by atoms with Gasteiger partial charge in [-0.25, -0.2) is 18.4 Å². The lowest BCUT2D eigenvalue weighted by molar-refractivity contribution is 0.559. The fourth-order valence-corrected chi connectivity index (χ4v) is 1.17. The fourth-order valence-electron chi connectivity index (χ4n) is 1.17. The number of halogens is 2. The molecule has 1 aromatic heterocycles.